The largest absolute Gasteiger partial charge is 0.457 e. The van der Waals surface area contributed by atoms with Crippen LogP contribution in [0.3, 0.4) is 0 Å². The number of pyridine rings is 1. The Kier molecular flexibility index (Phi) is 12.1. The molecule has 0 spiro atoms. The Bertz CT molecular complexity index is 4560. The Morgan fingerprint density at radius 1 is 0.370 bits per heavy atom. The minimum absolute atomic E-state index is 0.0303. The summed E-state index contributed by atoms with van der Waals surface area (Å²) >= 11 is 0. The van der Waals surface area contributed by atoms with Crippen molar-refractivity contribution in [3.05, 3.63) is 229 Å². The van der Waals surface area contributed by atoms with Crippen molar-refractivity contribution in [1.29, 1.82) is 0 Å². The Labute approximate surface area is 477 Å². The third kappa shape index (κ3) is 9.17. The lowest BCUT2D eigenvalue weighted by Gasteiger charge is -2.24. The highest BCUT2D eigenvalue weighted by Crippen LogP contribution is 2.48. The van der Waals surface area contributed by atoms with E-state index in [4.69, 9.17) is 9.72 Å². The van der Waals surface area contributed by atoms with Crippen LogP contribution in [-0.2, 0) is 28.3 Å². The van der Waals surface area contributed by atoms with Gasteiger partial charge < -0.3 is 14.2 Å². The average Bonchev–Trinajstić information content (AvgIpc) is 4.16. The van der Waals surface area contributed by atoms with Crippen LogP contribution in [0.2, 0.25) is 0 Å². The fraction of sp³-hybridized carbons (Fsp3) is 0.224. The molecule has 13 rings (SSSR count). The van der Waals surface area contributed by atoms with Crippen LogP contribution in [-0.4, -0.2) is 14.1 Å². The molecule has 0 saturated carbocycles. The van der Waals surface area contributed by atoms with Crippen LogP contribution in [0.15, 0.2) is 206 Å². The maximum atomic E-state index is 7.02. The Morgan fingerprint density at radius 3 is 1.62 bits per heavy atom. The van der Waals surface area contributed by atoms with E-state index in [0.29, 0.717) is 6.67 Å². The molecule has 0 N–H and O–H groups in total. The van der Waals surface area contributed by atoms with Crippen molar-refractivity contribution in [2.75, 3.05) is 4.90 Å². The summed E-state index contributed by atoms with van der Waals surface area (Å²) in [5.41, 5.74) is 16.5. The number of ether oxygens (including phenoxy) is 1. The van der Waals surface area contributed by atoms with Gasteiger partial charge in [-0.1, -0.05) is 210 Å². The van der Waals surface area contributed by atoms with Gasteiger partial charge in [0.05, 0.1) is 27.8 Å². The van der Waals surface area contributed by atoms with Gasteiger partial charge in [0.25, 0.3) is 0 Å². The van der Waals surface area contributed by atoms with E-state index in [1.54, 1.807) is 0 Å². The molecule has 0 unspecified atom stereocenters. The molecule has 3 aromatic heterocycles. The van der Waals surface area contributed by atoms with Gasteiger partial charge >= 0.3 is 0 Å². The van der Waals surface area contributed by atoms with E-state index in [-0.39, 0.29) is 21.7 Å². The number of para-hydroxylation sites is 2. The zero-order valence-corrected chi connectivity index (χ0v) is 49.0. The summed E-state index contributed by atoms with van der Waals surface area (Å²) in [6.45, 7) is 28.2. The van der Waals surface area contributed by atoms with E-state index in [0.717, 1.165) is 45.1 Å². The highest BCUT2D eigenvalue weighted by molar-refractivity contribution is 6.22. The second-order valence-electron chi connectivity index (χ2n) is 26.6. The zero-order chi connectivity index (χ0) is 56.3. The summed E-state index contributed by atoms with van der Waals surface area (Å²) in [4.78, 5) is 7.47. The van der Waals surface area contributed by atoms with Crippen molar-refractivity contribution in [2.24, 2.45) is 0 Å². The Hall–Kier alpha value is -8.67. The van der Waals surface area contributed by atoms with E-state index in [1.807, 2.05) is 6.20 Å². The van der Waals surface area contributed by atoms with Crippen LogP contribution in [0, 0.1) is 0 Å². The van der Waals surface area contributed by atoms with Crippen LogP contribution in [0.25, 0.3) is 93.2 Å². The van der Waals surface area contributed by atoms with E-state index in [9.17, 15) is 0 Å². The van der Waals surface area contributed by atoms with Crippen LogP contribution in [0.1, 0.15) is 105 Å². The van der Waals surface area contributed by atoms with Crippen LogP contribution in [0.4, 0.5) is 11.4 Å². The van der Waals surface area contributed by atoms with Crippen molar-refractivity contribution in [1.82, 2.24) is 14.1 Å². The second-order valence-corrected chi connectivity index (χ2v) is 26.6. The standard InChI is InChI=1S/C76H72N4O/c1-73(2,3)51-33-31-48(32-34-51)49-39-50(41-53(40-49)75(7,8)9)58-28-20-29-65-61-25-15-13-23-59(61)60-24-14-16-26-62(60)66-42-54(76(10,11)12)43-69-72(66)79(71(58)65)47-78(69)55-21-19-22-56(45-55)81-57-35-36-64-63-27-17-18-30-67(63)80(68(64)46-57)70-44-52(37-38-77-70)74(4,5)6/h13-46H,47H2,1-12H3. The molecule has 0 atom stereocenters. The van der Waals surface area contributed by atoms with Gasteiger partial charge in [0.1, 0.15) is 24.0 Å². The molecule has 5 nitrogen and oxygen atoms in total. The number of nitrogens with zero attached hydrogens (tertiary/aromatic N) is 4. The molecule has 1 aliphatic heterocycles. The predicted octanol–water partition coefficient (Wildman–Crippen LogP) is 21.1. The average molecular weight is 1060 g/mol. The van der Waals surface area contributed by atoms with Crippen molar-refractivity contribution in [3.63, 3.8) is 0 Å². The van der Waals surface area contributed by atoms with Gasteiger partial charge in [-0.2, -0.15) is 0 Å². The van der Waals surface area contributed by atoms with Gasteiger partial charge in [0.15, 0.2) is 0 Å². The fourth-order valence-corrected chi connectivity index (χ4v) is 12.3. The highest BCUT2D eigenvalue weighted by Gasteiger charge is 2.30. The van der Waals surface area contributed by atoms with Crippen molar-refractivity contribution in [3.8, 4) is 39.6 Å². The molecule has 402 valence electrons. The third-order valence-electron chi connectivity index (χ3n) is 16.9. The molecule has 0 fully saturated rings. The molecule has 0 bridgehead atoms. The molecule has 0 saturated heterocycles. The lowest BCUT2D eigenvalue weighted by Crippen LogP contribution is -2.16. The first-order chi connectivity index (χ1) is 38.7. The van der Waals surface area contributed by atoms with Crippen LogP contribution < -0.4 is 9.64 Å². The molecule has 5 heteroatoms. The first kappa shape index (κ1) is 51.7. The Balaban J connectivity index is 1.04. The lowest BCUT2D eigenvalue weighted by molar-refractivity contribution is 0.483. The van der Waals surface area contributed by atoms with E-state index < -0.39 is 0 Å². The molecule has 12 aromatic rings. The third-order valence-corrected chi connectivity index (χ3v) is 16.9. The second kappa shape index (κ2) is 19.0. The summed E-state index contributed by atoms with van der Waals surface area (Å²) in [5.74, 6) is 2.41. The maximum Gasteiger partial charge on any atom is 0.137 e. The number of hydrogen-bond donors (Lipinski definition) is 0. The molecule has 0 aliphatic carbocycles. The normalized spacial score (nSPS) is 13.1. The molecule has 9 aromatic carbocycles. The summed E-state index contributed by atoms with van der Waals surface area (Å²) < 4.78 is 11.9. The van der Waals surface area contributed by atoms with Crippen molar-refractivity contribution >= 4 is 76.5 Å². The number of rotatable bonds is 6. The summed E-state index contributed by atoms with van der Waals surface area (Å²) in [6, 6.07) is 74.6. The van der Waals surface area contributed by atoms with Crippen molar-refractivity contribution in [2.45, 2.75) is 111 Å². The predicted molar refractivity (Wildman–Crippen MR) is 345 cm³/mol. The number of aromatic nitrogens is 3. The van der Waals surface area contributed by atoms with Gasteiger partial charge in [-0.3, -0.25) is 4.57 Å². The van der Waals surface area contributed by atoms with Crippen molar-refractivity contribution < 1.29 is 4.74 Å². The Morgan fingerprint density at radius 2 is 0.938 bits per heavy atom. The molecule has 1 aliphatic rings. The fourth-order valence-electron chi connectivity index (χ4n) is 12.3. The summed E-state index contributed by atoms with van der Waals surface area (Å²) in [7, 11) is 0. The molecular formula is C76H72N4O. The number of fused-ring (bicyclic) bond motifs is 10. The zero-order valence-electron chi connectivity index (χ0n) is 49.0. The summed E-state index contributed by atoms with van der Waals surface area (Å²) in [6.07, 6.45) is 1.94. The minimum Gasteiger partial charge on any atom is -0.457 e. The summed E-state index contributed by atoms with van der Waals surface area (Å²) in [5, 5.41) is 9.61. The number of benzene rings is 9. The monoisotopic (exact) mass is 1060 g/mol. The maximum absolute atomic E-state index is 7.02. The molecular weight excluding hydrogens is 985 g/mol. The first-order valence-corrected chi connectivity index (χ1v) is 28.8. The topological polar surface area (TPSA) is 35.2 Å². The van der Waals surface area contributed by atoms with Crippen LogP contribution >= 0.6 is 0 Å². The molecule has 0 amide bonds. The quantitative estimate of drug-likeness (QED) is 0.166. The van der Waals surface area contributed by atoms with Gasteiger partial charge in [-0.15, -0.1) is 0 Å². The van der Waals surface area contributed by atoms with E-state index in [1.165, 1.54) is 93.2 Å². The minimum atomic E-state index is -0.149. The van der Waals surface area contributed by atoms with Gasteiger partial charge in [0, 0.05) is 51.1 Å². The number of anilines is 2. The molecule has 4 heterocycles. The number of hydrogen-bond acceptors (Lipinski definition) is 3. The van der Waals surface area contributed by atoms with Gasteiger partial charge in [0.2, 0.25) is 0 Å². The van der Waals surface area contributed by atoms with E-state index >= 15 is 0 Å². The smallest absolute Gasteiger partial charge is 0.137 e. The molecule has 81 heavy (non-hydrogen) atoms. The van der Waals surface area contributed by atoms with Gasteiger partial charge in [-0.25, -0.2) is 4.98 Å². The highest BCUT2D eigenvalue weighted by atomic mass is 16.5. The van der Waals surface area contributed by atoms with Gasteiger partial charge in [-0.05, 0) is 143 Å². The first-order valence-electron chi connectivity index (χ1n) is 28.8. The lowest BCUT2D eigenvalue weighted by atomic mass is 9.82. The molecule has 0 radical (unpaired) electrons. The van der Waals surface area contributed by atoms with Crippen LogP contribution in [0.5, 0.6) is 11.5 Å². The SMILES string of the molecule is CC(C)(C)c1ccc(-c2cc(-c3cccc4c5ccccc5c5ccccc5c5cc(C(C)(C)C)cc6c5n(c34)CN6c3cccc(Oc4ccc5c6ccccc6n(-c6cc(C(C)(C)C)ccn6)c5c4)c3)cc(C(C)(C)C)c2)cc1. The van der Waals surface area contributed by atoms with E-state index in [2.05, 4.69) is 297 Å².